The number of carbonyl (C=O) groups is 4. The zero-order chi connectivity index (χ0) is 31.6. The molecule has 1 aliphatic rings. The number of rotatable bonds is 6. The molecule has 2 heterocycles. The zero-order valence-corrected chi connectivity index (χ0v) is 24.7. The second-order valence-electron chi connectivity index (χ2n) is 11.5. The van der Waals surface area contributed by atoms with E-state index >= 15 is 0 Å². The van der Waals surface area contributed by atoms with Crippen LogP contribution >= 0.6 is 0 Å². The van der Waals surface area contributed by atoms with E-state index in [1.807, 2.05) is 19.1 Å². The molecule has 0 radical (unpaired) electrons. The number of fused-ring (bicyclic) bond motifs is 1. The molecule has 1 atom stereocenters. The third kappa shape index (κ3) is 6.28. The van der Waals surface area contributed by atoms with E-state index in [2.05, 4.69) is 25.3 Å². The number of Topliss-reactive ketones (excluding diaryl/α,β-unsaturated/α-hetero) is 1. The highest BCUT2D eigenvalue weighted by atomic mass is 16.5. The minimum absolute atomic E-state index is 0.158. The van der Waals surface area contributed by atoms with Gasteiger partial charge in [0, 0.05) is 22.2 Å². The van der Waals surface area contributed by atoms with E-state index < -0.39 is 29.2 Å². The molecule has 4 amide bonds. The monoisotopic (exact) mass is 596 g/mol. The molecule has 1 aromatic heterocycles. The Morgan fingerprint density at radius 3 is 2.36 bits per heavy atom. The zero-order valence-electron chi connectivity index (χ0n) is 24.7. The fraction of sp³-hybridized carbons (Fsp3) is 0.250. The minimum Gasteiger partial charge on any atom is -0.324 e. The van der Waals surface area contributed by atoms with Crippen molar-refractivity contribution in [3.8, 4) is 11.4 Å². The maximum absolute atomic E-state index is 14.1. The molecular weight excluding hydrogens is 564 g/mol. The number of aromatic nitrogens is 2. The molecule has 4 aromatic rings. The van der Waals surface area contributed by atoms with Crippen LogP contribution in [0.1, 0.15) is 36.7 Å². The van der Waals surface area contributed by atoms with Gasteiger partial charge in [-0.2, -0.15) is 0 Å². The van der Waals surface area contributed by atoms with E-state index in [1.54, 1.807) is 81.4 Å². The van der Waals surface area contributed by atoms with Gasteiger partial charge in [0.05, 0.1) is 24.5 Å². The average molecular weight is 597 g/mol. The molecule has 0 saturated carbocycles. The van der Waals surface area contributed by atoms with Crippen molar-refractivity contribution < 1.29 is 23.7 Å². The number of para-hydroxylation sites is 2. The van der Waals surface area contributed by atoms with E-state index in [-0.39, 0.29) is 30.6 Å². The second-order valence-corrected chi connectivity index (χ2v) is 11.5. The molecule has 3 aromatic carbocycles. The van der Waals surface area contributed by atoms with Crippen molar-refractivity contribution in [2.24, 2.45) is 5.41 Å². The lowest BCUT2D eigenvalue weighted by Gasteiger charge is -2.30. The maximum atomic E-state index is 14.1. The van der Waals surface area contributed by atoms with E-state index in [0.717, 1.165) is 5.56 Å². The summed E-state index contributed by atoms with van der Waals surface area (Å²) in [5, 5.41) is 9.05. The lowest BCUT2D eigenvalue weighted by molar-refractivity contribution is -0.126. The number of carbonyl (C=O) groups excluding carboxylic acids is 4. The highest BCUT2D eigenvalue weighted by molar-refractivity contribution is 6.13. The number of urea groups is 1. The van der Waals surface area contributed by atoms with Crippen LogP contribution in [0.2, 0.25) is 0 Å². The number of H-pyrrole nitrogens is 1. The number of anilines is 3. The summed E-state index contributed by atoms with van der Waals surface area (Å²) in [7, 11) is 0. The highest BCUT2D eigenvalue weighted by Crippen LogP contribution is 2.35. The van der Waals surface area contributed by atoms with Gasteiger partial charge in [-0.3, -0.25) is 23.9 Å². The van der Waals surface area contributed by atoms with Crippen LogP contribution in [-0.2, 0) is 9.59 Å². The molecule has 12 heteroatoms. The van der Waals surface area contributed by atoms with Gasteiger partial charge < -0.3 is 20.4 Å². The first-order chi connectivity index (χ1) is 20.9. The number of aromatic amines is 1. The molecule has 226 valence electrons. The molecule has 1 aliphatic heterocycles. The van der Waals surface area contributed by atoms with E-state index in [9.17, 15) is 24.0 Å². The van der Waals surface area contributed by atoms with Crippen molar-refractivity contribution in [1.82, 2.24) is 15.5 Å². The van der Waals surface area contributed by atoms with Crippen LogP contribution in [0.5, 0.6) is 0 Å². The summed E-state index contributed by atoms with van der Waals surface area (Å²) in [5.74, 6) is -1.63. The third-order valence-electron chi connectivity index (χ3n) is 7.17. The Balaban J connectivity index is 1.47. The number of aryl methyl sites for hydroxylation is 1. The van der Waals surface area contributed by atoms with E-state index in [4.69, 9.17) is 0 Å². The molecular formula is C32H32N6O6. The molecule has 44 heavy (non-hydrogen) atoms. The number of nitrogens with one attached hydrogen (secondary N) is 3. The molecule has 0 fully saturated rings. The number of hydrogen-bond acceptors (Lipinski definition) is 7. The van der Waals surface area contributed by atoms with E-state index in [1.165, 1.54) is 9.80 Å². The Kier molecular flexibility index (Phi) is 8.17. The van der Waals surface area contributed by atoms with Crippen molar-refractivity contribution in [1.29, 1.82) is 0 Å². The molecule has 0 spiro atoms. The molecule has 5 rings (SSSR count). The van der Waals surface area contributed by atoms with Crippen molar-refractivity contribution >= 4 is 40.7 Å². The fourth-order valence-corrected chi connectivity index (χ4v) is 4.99. The van der Waals surface area contributed by atoms with Crippen molar-refractivity contribution in [3.05, 3.63) is 94.5 Å². The normalized spacial score (nSPS) is 14.9. The van der Waals surface area contributed by atoms with Crippen LogP contribution in [0.25, 0.3) is 11.4 Å². The van der Waals surface area contributed by atoms with Gasteiger partial charge in [-0.1, -0.05) is 74.5 Å². The maximum Gasteiger partial charge on any atom is 0.439 e. The Labute approximate surface area is 253 Å². The van der Waals surface area contributed by atoms with Crippen LogP contribution in [-0.4, -0.2) is 52.9 Å². The first-order valence-corrected chi connectivity index (χ1v) is 14.0. The van der Waals surface area contributed by atoms with Gasteiger partial charge in [-0.15, -0.1) is 0 Å². The summed E-state index contributed by atoms with van der Waals surface area (Å²) in [6.07, 6.45) is 0. The summed E-state index contributed by atoms with van der Waals surface area (Å²) in [6.45, 7) is 6.68. The minimum atomic E-state index is -1.20. The van der Waals surface area contributed by atoms with E-state index in [0.29, 0.717) is 28.2 Å². The Bertz CT molecular complexity index is 1800. The summed E-state index contributed by atoms with van der Waals surface area (Å²) in [4.78, 5) is 71.2. The second kappa shape index (κ2) is 12.0. The Hall–Kier alpha value is -5.52. The van der Waals surface area contributed by atoms with Gasteiger partial charge in [0.25, 0.3) is 5.91 Å². The number of benzene rings is 3. The predicted octanol–water partition coefficient (Wildman–Crippen LogP) is 4.14. The Morgan fingerprint density at radius 1 is 0.977 bits per heavy atom. The molecule has 0 saturated heterocycles. The molecule has 3 N–H and O–H groups in total. The molecule has 0 bridgehead atoms. The number of nitrogens with zero attached hydrogens (tertiary/aromatic N) is 3. The van der Waals surface area contributed by atoms with Crippen LogP contribution in [0.15, 0.2) is 82.1 Å². The van der Waals surface area contributed by atoms with Gasteiger partial charge >= 0.3 is 11.8 Å². The van der Waals surface area contributed by atoms with Gasteiger partial charge in [0.1, 0.15) is 6.04 Å². The SMILES string of the molecule is Cc1ccccc1C(=O)CN1C(=O)C(NC(=O)Nc2cccc(-c3noc(=O)[nH]3)c2)CN(C(=O)C(C)(C)C)c2ccccc21. The van der Waals surface area contributed by atoms with Crippen LogP contribution in [0.4, 0.5) is 21.9 Å². The van der Waals surface area contributed by atoms with Crippen LogP contribution < -0.4 is 26.2 Å². The van der Waals surface area contributed by atoms with Crippen molar-refractivity contribution in [2.45, 2.75) is 33.7 Å². The van der Waals surface area contributed by atoms with Crippen molar-refractivity contribution in [2.75, 3.05) is 28.2 Å². The Morgan fingerprint density at radius 2 is 1.68 bits per heavy atom. The lowest BCUT2D eigenvalue weighted by atomic mass is 9.94. The fourth-order valence-electron chi connectivity index (χ4n) is 4.99. The van der Waals surface area contributed by atoms with Gasteiger partial charge in [0.15, 0.2) is 11.6 Å². The molecule has 0 aliphatic carbocycles. The van der Waals surface area contributed by atoms with Crippen LogP contribution in [0, 0.1) is 12.3 Å². The highest BCUT2D eigenvalue weighted by Gasteiger charge is 2.40. The number of ketones is 1. The largest absolute Gasteiger partial charge is 0.439 e. The third-order valence-corrected chi connectivity index (χ3v) is 7.17. The standard InChI is InChI=1S/C32H32N6O6/c1-19-10-5-6-13-22(19)26(39)18-37-24-14-7-8-15-25(24)38(29(41)32(2,3)4)17-23(28(37)40)34-30(42)33-21-12-9-11-20(16-21)27-35-31(43)44-36-27/h5-16,23H,17-18H2,1-4H3,(H2,33,34,42)(H,35,36,43). The van der Waals surface area contributed by atoms with Gasteiger partial charge in [-0.05, 0) is 36.8 Å². The smallest absolute Gasteiger partial charge is 0.324 e. The van der Waals surface area contributed by atoms with Gasteiger partial charge in [0.2, 0.25) is 5.91 Å². The molecule has 12 nitrogen and oxygen atoms in total. The summed E-state index contributed by atoms with van der Waals surface area (Å²) < 4.78 is 4.56. The summed E-state index contributed by atoms with van der Waals surface area (Å²) in [5.41, 5.74) is 2.11. The lowest BCUT2D eigenvalue weighted by Crippen LogP contribution is -2.55. The molecule has 1 unspecified atom stereocenters. The number of amides is 4. The van der Waals surface area contributed by atoms with Crippen molar-refractivity contribution in [3.63, 3.8) is 0 Å². The number of hydrogen-bond donors (Lipinski definition) is 3. The summed E-state index contributed by atoms with van der Waals surface area (Å²) >= 11 is 0. The average Bonchev–Trinajstić information content (AvgIpc) is 3.39. The summed E-state index contributed by atoms with van der Waals surface area (Å²) in [6, 6.07) is 18.6. The predicted molar refractivity (Wildman–Crippen MR) is 165 cm³/mol. The van der Waals surface area contributed by atoms with Gasteiger partial charge in [-0.25, -0.2) is 9.59 Å². The first-order valence-electron chi connectivity index (χ1n) is 14.0. The van der Waals surface area contributed by atoms with Crippen LogP contribution in [0.3, 0.4) is 0 Å². The first kappa shape index (κ1) is 30.0. The quantitative estimate of drug-likeness (QED) is 0.282. The topological polar surface area (TPSA) is 158 Å².